The predicted molar refractivity (Wildman–Crippen MR) is 85.0 cm³/mol. The third-order valence-corrected chi connectivity index (χ3v) is 5.06. The lowest BCUT2D eigenvalue weighted by Gasteiger charge is -2.03. The van der Waals surface area contributed by atoms with Crippen LogP contribution < -0.4 is 5.32 Å². The molecule has 0 spiro atoms. The summed E-state index contributed by atoms with van der Waals surface area (Å²) in [5.41, 5.74) is 2.15. The number of fused-ring (bicyclic) bond motifs is 1. The number of carbonyl (C=O) groups is 1. The molecule has 2 nitrogen and oxygen atoms in total. The van der Waals surface area contributed by atoms with Crippen LogP contribution in [-0.4, -0.2) is 5.91 Å². The van der Waals surface area contributed by atoms with Gasteiger partial charge in [0.25, 0.3) is 5.91 Å². The van der Waals surface area contributed by atoms with Crippen LogP contribution in [0.4, 0.5) is 5.69 Å². The molecule has 0 atom stereocenters. The quantitative estimate of drug-likeness (QED) is 0.784. The van der Waals surface area contributed by atoms with Crippen molar-refractivity contribution >= 4 is 34.5 Å². The molecular formula is C16H16ClNOS. The Bertz CT molecular complexity index is 594. The maximum absolute atomic E-state index is 12.3. The minimum atomic E-state index is -0.0228. The Hall–Kier alpha value is -1.32. The van der Waals surface area contributed by atoms with Gasteiger partial charge in [0.2, 0.25) is 0 Å². The fourth-order valence-electron chi connectivity index (χ4n) is 2.51. The molecule has 0 saturated heterocycles. The zero-order valence-electron chi connectivity index (χ0n) is 11.1. The number of thiophene rings is 1. The van der Waals surface area contributed by atoms with E-state index in [1.54, 1.807) is 23.5 Å². The third kappa shape index (κ3) is 3.05. The van der Waals surface area contributed by atoms with Crippen LogP contribution in [0.15, 0.2) is 30.3 Å². The van der Waals surface area contributed by atoms with Gasteiger partial charge in [-0.1, -0.05) is 18.0 Å². The summed E-state index contributed by atoms with van der Waals surface area (Å²) in [7, 11) is 0. The molecule has 0 radical (unpaired) electrons. The van der Waals surface area contributed by atoms with Crippen molar-refractivity contribution in [3.63, 3.8) is 0 Å². The number of hydrogen-bond acceptors (Lipinski definition) is 2. The van der Waals surface area contributed by atoms with Gasteiger partial charge in [-0.05, 0) is 61.6 Å². The Morgan fingerprint density at radius 1 is 1.10 bits per heavy atom. The molecule has 1 N–H and O–H groups in total. The number of anilines is 1. The van der Waals surface area contributed by atoms with Crippen molar-refractivity contribution in [3.8, 4) is 0 Å². The molecule has 0 saturated carbocycles. The standard InChI is InChI=1S/C16H16ClNOS/c17-12-6-8-13(9-7-12)18-16(19)15-10-11-4-2-1-3-5-14(11)20-15/h6-10H,1-5H2,(H,18,19). The summed E-state index contributed by atoms with van der Waals surface area (Å²) in [6, 6.07) is 9.26. The summed E-state index contributed by atoms with van der Waals surface area (Å²) >= 11 is 7.48. The molecule has 20 heavy (non-hydrogen) atoms. The van der Waals surface area contributed by atoms with Crippen LogP contribution in [0.3, 0.4) is 0 Å². The average Bonchev–Trinajstić information content (AvgIpc) is 2.73. The van der Waals surface area contributed by atoms with E-state index in [0.29, 0.717) is 5.02 Å². The zero-order chi connectivity index (χ0) is 13.9. The van der Waals surface area contributed by atoms with E-state index < -0.39 is 0 Å². The number of halogens is 1. The van der Waals surface area contributed by atoms with Crippen LogP contribution in [0.25, 0.3) is 0 Å². The highest BCUT2D eigenvalue weighted by Crippen LogP contribution is 2.29. The van der Waals surface area contributed by atoms with E-state index >= 15 is 0 Å². The van der Waals surface area contributed by atoms with Crippen molar-refractivity contribution < 1.29 is 4.79 Å². The summed E-state index contributed by atoms with van der Waals surface area (Å²) in [6.45, 7) is 0. The van der Waals surface area contributed by atoms with Crippen molar-refractivity contribution in [2.45, 2.75) is 32.1 Å². The molecule has 0 unspecified atom stereocenters. The summed E-state index contributed by atoms with van der Waals surface area (Å²) < 4.78 is 0. The van der Waals surface area contributed by atoms with E-state index in [0.717, 1.165) is 23.4 Å². The smallest absolute Gasteiger partial charge is 0.265 e. The average molecular weight is 306 g/mol. The van der Waals surface area contributed by atoms with Crippen LogP contribution in [0, 0.1) is 0 Å². The van der Waals surface area contributed by atoms with Crippen molar-refractivity contribution in [2.75, 3.05) is 5.32 Å². The van der Waals surface area contributed by atoms with Gasteiger partial charge in [-0.25, -0.2) is 0 Å². The number of rotatable bonds is 2. The highest BCUT2D eigenvalue weighted by molar-refractivity contribution is 7.14. The normalized spacial score (nSPS) is 14.4. The van der Waals surface area contributed by atoms with E-state index in [-0.39, 0.29) is 5.91 Å². The molecular weight excluding hydrogens is 290 g/mol. The summed E-state index contributed by atoms with van der Waals surface area (Å²) in [5, 5.41) is 3.60. The van der Waals surface area contributed by atoms with Gasteiger partial charge in [-0.3, -0.25) is 4.79 Å². The van der Waals surface area contributed by atoms with Gasteiger partial charge >= 0.3 is 0 Å². The Kier molecular flexibility index (Phi) is 4.08. The molecule has 3 rings (SSSR count). The molecule has 1 aliphatic carbocycles. The van der Waals surface area contributed by atoms with Gasteiger partial charge in [0.05, 0.1) is 4.88 Å². The lowest BCUT2D eigenvalue weighted by atomic mass is 10.1. The summed E-state index contributed by atoms with van der Waals surface area (Å²) in [4.78, 5) is 14.5. The number of benzene rings is 1. The lowest BCUT2D eigenvalue weighted by molar-refractivity contribution is 0.103. The highest BCUT2D eigenvalue weighted by atomic mass is 35.5. The Morgan fingerprint density at radius 3 is 2.65 bits per heavy atom. The maximum Gasteiger partial charge on any atom is 0.265 e. The molecule has 104 valence electrons. The first-order valence-electron chi connectivity index (χ1n) is 6.91. The molecule has 2 aromatic rings. The van der Waals surface area contributed by atoms with Gasteiger partial charge in [-0.15, -0.1) is 11.3 Å². The number of amides is 1. The Morgan fingerprint density at radius 2 is 1.85 bits per heavy atom. The molecule has 0 fully saturated rings. The fraction of sp³-hybridized carbons (Fsp3) is 0.312. The minimum Gasteiger partial charge on any atom is -0.321 e. The maximum atomic E-state index is 12.3. The number of hydrogen-bond donors (Lipinski definition) is 1. The van der Waals surface area contributed by atoms with E-state index in [9.17, 15) is 4.79 Å². The molecule has 0 aliphatic heterocycles. The van der Waals surface area contributed by atoms with Gasteiger partial charge in [0, 0.05) is 15.6 Å². The van der Waals surface area contributed by atoms with E-state index in [1.165, 1.54) is 29.7 Å². The molecule has 1 aliphatic rings. The minimum absolute atomic E-state index is 0.0228. The molecule has 1 heterocycles. The molecule has 1 amide bonds. The van der Waals surface area contributed by atoms with Crippen molar-refractivity contribution in [3.05, 3.63) is 50.7 Å². The van der Waals surface area contributed by atoms with E-state index in [4.69, 9.17) is 11.6 Å². The molecule has 4 heteroatoms. The van der Waals surface area contributed by atoms with Gasteiger partial charge in [0.15, 0.2) is 0 Å². The predicted octanol–water partition coefficient (Wildman–Crippen LogP) is 4.92. The topological polar surface area (TPSA) is 29.1 Å². The third-order valence-electron chi connectivity index (χ3n) is 3.57. The highest BCUT2D eigenvalue weighted by Gasteiger charge is 2.16. The SMILES string of the molecule is O=C(Nc1ccc(Cl)cc1)c1cc2c(s1)CCCCC2. The summed E-state index contributed by atoms with van der Waals surface area (Å²) in [5.74, 6) is -0.0228. The Labute approximate surface area is 127 Å². The second kappa shape index (κ2) is 5.98. The number of aryl methyl sites for hydroxylation is 2. The molecule has 1 aromatic heterocycles. The Balaban J connectivity index is 1.75. The first-order valence-corrected chi connectivity index (χ1v) is 8.10. The molecule has 0 bridgehead atoms. The lowest BCUT2D eigenvalue weighted by Crippen LogP contribution is -2.09. The number of carbonyl (C=O) groups excluding carboxylic acids is 1. The summed E-state index contributed by atoms with van der Waals surface area (Å²) in [6.07, 6.45) is 6.01. The van der Waals surface area contributed by atoms with Gasteiger partial charge in [-0.2, -0.15) is 0 Å². The zero-order valence-corrected chi connectivity index (χ0v) is 12.7. The molecule has 1 aromatic carbocycles. The second-order valence-corrected chi connectivity index (χ2v) is 6.65. The van der Waals surface area contributed by atoms with Gasteiger partial charge < -0.3 is 5.32 Å². The largest absolute Gasteiger partial charge is 0.321 e. The van der Waals surface area contributed by atoms with E-state index in [1.807, 2.05) is 12.1 Å². The van der Waals surface area contributed by atoms with E-state index in [2.05, 4.69) is 11.4 Å². The second-order valence-electron chi connectivity index (χ2n) is 5.08. The van der Waals surface area contributed by atoms with Crippen molar-refractivity contribution in [1.82, 2.24) is 0 Å². The van der Waals surface area contributed by atoms with Crippen molar-refractivity contribution in [1.29, 1.82) is 0 Å². The fourth-order valence-corrected chi connectivity index (χ4v) is 3.78. The first kappa shape index (κ1) is 13.7. The van der Waals surface area contributed by atoms with Crippen LogP contribution in [0.5, 0.6) is 0 Å². The van der Waals surface area contributed by atoms with Crippen LogP contribution >= 0.6 is 22.9 Å². The monoisotopic (exact) mass is 305 g/mol. The van der Waals surface area contributed by atoms with Crippen LogP contribution in [0.2, 0.25) is 5.02 Å². The first-order chi connectivity index (χ1) is 9.72. The van der Waals surface area contributed by atoms with Crippen LogP contribution in [-0.2, 0) is 12.8 Å². The van der Waals surface area contributed by atoms with Gasteiger partial charge in [0.1, 0.15) is 0 Å². The van der Waals surface area contributed by atoms with Crippen molar-refractivity contribution in [2.24, 2.45) is 0 Å². The number of nitrogens with one attached hydrogen (secondary N) is 1. The van der Waals surface area contributed by atoms with Crippen LogP contribution in [0.1, 0.15) is 39.4 Å².